The van der Waals surface area contributed by atoms with Crippen LogP contribution in [-0.4, -0.2) is 44.5 Å². The van der Waals surface area contributed by atoms with E-state index in [-0.39, 0.29) is 46.8 Å². The molecule has 2 aliphatic carbocycles. The molecule has 6 rings (SSSR count). The van der Waals surface area contributed by atoms with E-state index < -0.39 is 17.6 Å². The van der Waals surface area contributed by atoms with Crippen molar-refractivity contribution < 1.29 is 33.3 Å². The molecule has 0 amide bonds. The molecule has 2 saturated carbocycles. The van der Waals surface area contributed by atoms with Crippen LogP contribution in [0.4, 0.5) is 8.78 Å². The Morgan fingerprint density at radius 1 is 0.925 bits per heavy atom. The molecule has 0 spiro atoms. The van der Waals surface area contributed by atoms with Crippen molar-refractivity contribution in [1.82, 2.24) is 9.97 Å². The van der Waals surface area contributed by atoms with Gasteiger partial charge >= 0.3 is 5.97 Å². The molecular weight excluding hydrogens is 518 g/mol. The number of nitrogens with one attached hydrogen (secondary N) is 1. The van der Waals surface area contributed by atoms with Gasteiger partial charge in [-0.1, -0.05) is 48.5 Å². The summed E-state index contributed by atoms with van der Waals surface area (Å²) in [5, 5.41) is 18.5. The lowest BCUT2D eigenvalue weighted by molar-refractivity contribution is -0.143. The molecule has 1 aromatic heterocycles. The summed E-state index contributed by atoms with van der Waals surface area (Å²) in [6, 6.07) is 16.3. The van der Waals surface area contributed by atoms with E-state index in [0.29, 0.717) is 50.7 Å². The second kappa shape index (κ2) is 11.0. The molecule has 208 valence electrons. The van der Waals surface area contributed by atoms with Crippen LogP contribution >= 0.6 is 0 Å². The van der Waals surface area contributed by atoms with E-state index in [1.54, 1.807) is 12.1 Å². The number of H-pyrrole nitrogens is 1. The fraction of sp³-hybridized carbons (Fsp3) is 0.355. The van der Waals surface area contributed by atoms with Crippen molar-refractivity contribution in [3.05, 3.63) is 71.8 Å². The highest BCUT2D eigenvalue weighted by Crippen LogP contribution is 2.34. The summed E-state index contributed by atoms with van der Waals surface area (Å²) >= 11 is 0. The molecule has 0 bridgehead atoms. The highest BCUT2D eigenvalue weighted by molar-refractivity contribution is 5.84. The van der Waals surface area contributed by atoms with Gasteiger partial charge in [-0.05, 0) is 60.8 Å². The number of aromatic nitrogens is 2. The molecule has 3 aromatic carbocycles. The first-order valence-corrected chi connectivity index (χ1v) is 13.6. The Hall–Kier alpha value is -3.82. The van der Waals surface area contributed by atoms with Crippen LogP contribution in [0, 0.1) is 17.6 Å². The minimum Gasteiger partial charge on any atom is -0.481 e. The van der Waals surface area contributed by atoms with Crippen LogP contribution in [0.5, 0.6) is 6.01 Å². The van der Waals surface area contributed by atoms with E-state index in [0.717, 1.165) is 16.7 Å². The minimum absolute atomic E-state index is 0.0103. The third-order valence-corrected chi connectivity index (χ3v) is 7.97. The second-order valence-corrected chi connectivity index (χ2v) is 10.7. The number of carboxylic acid groups (broad SMARTS) is 1. The molecule has 40 heavy (non-hydrogen) atoms. The summed E-state index contributed by atoms with van der Waals surface area (Å²) in [5.74, 6) is -2.65. The van der Waals surface area contributed by atoms with E-state index >= 15 is 8.78 Å². The summed E-state index contributed by atoms with van der Waals surface area (Å²) in [6.45, 7) is 0.490. The highest BCUT2D eigenvalue weighted by atomic mass is 19.1. The molecule has 2 aliphatic rings. The quantitative estimate of drug-likeness (QED) is 0.241. The monoisotopic (exact) mass is 548 g/mol. The third kappa shape index (κ3) is 5.44. The molecule has 4 aromatic rings. The molecule has 0 radical (unpaired) electrons. The van der Waals surface area contributed by atoms with Crippen LogP contribution in [0.15, 0.2) is 54.6 Å². The molecule has 9 heteroatoms. The van der Waals surface area contributed by atoms with Crippen molar-refractivity contribution in [3.63, 3.8) is 0 Å². The van der Waals surface area contributed by atoms with Crippen LogP contribution < -0.4 is 4.74 Å². The van der Waals surface area contributed by atoms with Gasteiger partial charge in [0.1, 0.15) is 17.4 Å². The number of rotatable bonds is 8. The smallest absolute Gasteiger partial charge is 0.306 e. The Bertz CT molecular complexity index is 1510. The average molecular weight is 549 g/mol. The maximum Gasteiger partial charge on any atom is 0.306 e. The Morgan fingerprint density at radius 2 is 1.55 bits per heavy atom. The zero-order valence-corrected chi connectivity index (χ0v) is 21.8. The molecule has 0 atom stereocenters. The SMILES string of the molecule is O=C(O)[C@H]1CC[C@H](Oc2nc3c(F)c(-c4ccc(-c5ccc(CO[C@H]6C[C@H](O)C6)cc5)cc4)c(F)cc3[nH]2)CC1. The fourth-order valence-corrected chi connectivity index (χ4v) is 5.47. The van der Waals surface area contributed by atoms with Crippen molar-refractivity contribution >= 4 is 17.0 Å². The van der Waals surface area contributed by atoms with Gasteiger partial charge in [0.25, 0.3) is 6.01 Å². The van der Waals surface area contributed by atoms with Crippen molar-refractivity contribution in [1.29, 1.82) is 0 Å². The number of aliphatic carboxylic acids is 1. The first-order valence-electron chi connectivity index (χ1n) is 13.6. The summed E-state index contributed by atoms with van der Waals surface area (Å²) in [6.07, 6.45) is 3.16. The zero-order chi connectivity index (χ0) is 27.8. The number of hydrogen-bond donors (Lipinski definition) is 3. The van der Waals surface area contributed by atoms with E-state index in [1.807, 2.05) is 36.4 Å². The molecule has 3 N–H and O–H groups in total. The summed E-state index contributed by atoms with van der Waals surface area (Å²) in [7, 11) is 0. The first-order chi connectivity index (χ1) is 19.3. The predicted octanol–water partition coefficient (Wildman–Crippen LogP) is 6.24. The number of ether oxygens (including phenoxy) is 2. The summed E-state index contributed by atoms with van der Waals surface area (Å²) < 4.78 is 42.3. The number of aliphatic hydroxyl groups is 1. The van der Waals surface area contributed by atoms with Crippen molar-refractivity contribution in [2.75, 3.05) is 0 Å². The van der Waals surface area contributed by atoms with Crippen molar-refractivity contribution in [2.45, 2.75) is 63.4 Å². The number of aliphatic hydroxyl groups excluding tert-OH is 1. The number of halogens is 2. The molecule has 7 nitrogen and oxygen atoms in total. The number of fused-ring (bicyclic) bond motifs is 1. The number of carboxylic acids is 1. The number of carbonyl (C=O) groups is 1. The molecule has 0 saturated heterocycles. The van der Waals surface area contributed by atoms with Gasteiger partial charge in [-0.15, -0.1) is 0 Å². The molecule has 2 fully saturated rings. The topological polar surface area (TPSA) is 105 Å². The van der Waals surface area contributed by atoms with Gasteiger partial charge in [-0.2, -0.15) is 4.98 Å². The maximum absolute atomic E-state index is 15.5. The lowest BCUT2D eigenvalue weighted by atomic mass is 9.87. The third-order valence-electron chi connectivity index (χ3n) is 7.97. The van der Waals surface area contributed by atoms with Gasteiger partial charge in [0.2, 0.25) is 0 Å². The van der Waals surface area contributed by atoms with E-state index in [2.05, 4.69) is 9.97 Å². The molecule has 0 aliphatic heterocycles. The minimum atomic E-state index is -0.800. The molecule has 1 heterocycles. The van der Waals surface area contributed by atoms with Gasteiger partial charge in [0.15, 0.2) is 5.82 Å². The predicted molar refractivity (Wildman–Crippen MR) is 145 cm³/mol. The Kier molecular flexibility index (Phi) is 7.25. The summed E-state index contributed by atoms with van der Waals surface area (Å²) in [5.41, 5.74) is 3.34. The normalized spacial score (nSPS) is 22.7. The van der Waals surface area contributed by atoms with Gasteiger partial charge in [0, 0.05) is 6.07 Å². The van der Waals surface area contributed by atoms with Crippen molar-refractivity contribution in [3.8, 4) is 28.3 Å². The maximum atomic E-state index is 15.5. The van der Waals surface area contributed by atoms with E-state index in [4.69, 9.17) is 9.47 Å². The van der Waals surface area contributed by atoms with Gasteiger partial charge in [0.05, 0.1) is 35.8 Å². The number of aromatic amines is 1. The Morgan fingerprint density at radius 3 is 2.17 bits per heavy atom. The number of imidazole rings is 1. The number of benzene rings is 3. The van der Waals surface area contributed by atoms with Crippen molar-refractivity contribution in [2.24, 2.45) is 5.92 Å². The fourth-order valence-electron chi connectivity index (χ4n) is 5.47. The van der Waals surface area contributed by atoms with Gasteiger partial charge < -0.3 is 24.7 Å². The van der Waals surface area contributed by atoms with Crippen LogP contribution in [0.1, 0.15) is 44.1 Å². The van der Waals surface area contributed by atoms with Crippen LogP contribution in [0.25, 0.3) is 33.3 Å². The standard InChI is InChI=1S/C31H30F2N2O5/c32-25-15-26-29(35-31(34-26)40-23-11-9-21(10-12-23)30(37)38)28(33)27(25)20-7-5-19(6-8-20)18-3-1-17(2-4-18)16-39-24-13-22(36)14-24/h1-8,15,21-24,36H,9-14,16H2,(H,34,35)(H,37,38)/t21-,22-,23-,24-. The Labute approximate surface area is 229 Å². The zero-order valence-electron chi connectivity index (χ0n) is 21.8. The van der Waals surface area contributed by atoms with E-state index in [1.165, 1.54) is 6.07 Å². The van der Waals surface area contributed by atoms with Gasteiger partial charge in [-0.25, -0.2) is 8.78 Å². The number of hydrogen-bond acceptors (Lipinski definition) is 5. The number of nitrogens with zero attached hydrogens (tertiary/aromatic N) is 1. The van der Waals surface area contributed by atoms with Crippen LogP contribution in [0.3, 0.4) is 0 Å². The first kappa shape index (κ1) is 26.4. The van der Waals surface area contributed by atoms with Crippen LogP contribution in [-0.2, 0) is 16.1 Å². The van der Waals surface area contributed by atoms with Gasteiger partial charge in [-0.3, -0.25) is 4.79 Å². The lowest BCUT2D eigenvalue weighted by Gasteiger charge is -2.31. The lowest BCUT2D eigenvalue weighted by Crippen LogP contribution is -2.35. The second-order valence-electron chi connectivity index (χ2n) is 10.7. The average Bonchev–Trinajstić information content (AvgIpc) is 3.34. The van der Waals surface area contributed by atoms with E-state index in [9.17, 15) is 15.0 Å². The molecular formula is C31H30F2N2O5. The summed E-state index contributed by atoms with van der Waals surface area (Å²) in [4.78, 5) is 18.3. The van der Waals surface area contributed by atoms with Crippen LogP contribution in [0.2, 0.25) is 0 Å². The highest BCUT2D eigenvalue weighted by Gasteiger charge is 2.29. The Balaban J connectivity index is 1.15. The largest absolute Gasteiger partial charge is 0.481 e. The molecule has 0 unspecified atom stereocenters.